The fourth-order valence-electron chi connectivity index (χ4n) is 1.02. The monoisotopic (exact) mass is 237 g/mol. The smallest absolute Gasteiger partial charge is 0.210 e. The lowest BCUT2D eigenvalue weighted by atomic mass is 10.2. The number of hydrogen-bond acceptors (Lipinski definition) is 4. The van der Waals surface area contributed by atoms with Crippen molar-refractivity contribution in [3.05, 3.63) is 41.4 Å². The summed E-state index contributed by atoms with van der Waals surface area (Å²) in [7, 11) is 0. The Kier molecular flexibility index (Phi) is 3.18. The quantitative estimate of drug-likeness (QED) is 0.805. The van der Waals surface area contributed by atoms with E-state index in [2.05, 4.69) is 15.0 Å². The maximum absolute atomic E-state index is 5.66. The first-order valence-electron chi connectivity index (χ1n) is 4.33. The van der Waals surface area contributed by atoms with Gasteiger partial charge in [0.2, 0.25) is 5.28 Å². The van der Waals surface area contributed by atoms with E-state index in [1.165, 1.54) is 23.7 Å². The van der Waals surface area contributed by atoms with Crippen LogP contribution in [0.1, 0.15) is 5.56 Å². The highest BCUT2D eigenvalue weighted by atomic mass is 35.5. The maximum Gasteiger partial charge on any atom is 0.226 e. The first-order chi connectivity index (χ1) is 7.24. The normalized spacial score (nSPS) is 10.3. The molecule has 0 aliphatic carbocycles. The predicted octanol–water partition coefficient (Wildman–Crippen LogP) is 2.98. The Labute approximate surface area is 96.9 Å². The molecule has 0 fully saturated rings. The minimum atomic E-state index is 0.222. The highest BCUT2D eigenvalue weighted by molar-refractivity contribution is 7.99. The Morgan fingerprint density at radius 2 is 1.87 bits per heavy atom. The Morgan fingerprint density at radius 1 is 1.13 bits per heavy atom. The molecule has 0 N–H and O–H groups in total. The summed E-state index contributed by atoms with van der Waals surface area (Å²) in [5.74, 6) is 0. The van der Waals surface area contributed by atoms with Crippen molar-refractivity contribution in [2.45, 2.75) is 17.0 Å². The van der Waals surface area contributed by atoms with Crippen LogP contribution in [0.2, 0.25) is 5.28 Å². The van der Waals surface area contributed by atoms with E-state index >= 15 is 0 Å². The molecule has 0 spiro atoms. The maximum atomic E-state index is 5.66. The average Bonchev–Trinajstić information content (AvgIpc) is 2.22. The summed E-state index contributed by atoms with van der Waals surface area (Å²) in [6.45, 7) is 2.05. The van der Waals surface area contributed by atoms with Gasteiger partial charge in [0.05, 0.1) is 0 Å². The number of aromatic nitrogens is 3. The molecule has 1 aromatic carbocycles. The first kappa shape index (κ1) is 10.4. The molecule has 0 aliphatic heterocycles. The van der Waals surface area contributed by atoms with Crippen LogP contribution < -0.4 is 0 Å². The van der Waals surface area contributed by atoms with Gasteiger partial charge < -0.3 is 0 Å². The molecule has 0 amide bonds. The summed E-state index contributed by atoms with van der Waals surface area (Å²) in [5, 5.41) is 0.832. The van der Waals surface area contributed by atoms with Crippen LogP contribution in [0.15, 0.2) is 40.6 Å². The van der Waals surface area contributed by atoms with Crippen LogP contribution in [0.25, 0.3) is 0 Å². The van der Waals surface area contributed by atoms with Gasteiger partial charge in [-0.05, 0) is 42.4 Å². The van der Waals surface area contributed by atoms with Crippen molar-refractivity contribution in [3.8, 4) is 0 Å². The van der Waals surface area contributed by atoms with Crippen LogP contribution >= 0.6 is 23.4 Å². The second-order valence-corrected chi connectivity index (χ2v) is 4.33. The third-order valence-corrected chi connectivity index (χ3v) is 2.82. The number of aryl methyl sites for hydroxylation is 1. The van der Waals surface area contributed by atoms with E-state index in [4.69, 9.17) is 11.6 Å². The van der Waals surface area contributed by atoms with Gasteiger partial charge in [-0.25, -0.2) is 9.97 Å². The van der Waals surface area contributed by atoms with Crippen LogP contribution in [-0.4, -0.2) is 15.0 Å². The van der Waals surface area contributed by atoms with Crippen molar-refractivity contribution >= 4 is 23.4 Å². The number of halogens is 1. The highest BCUT2D eigenvalue weighted by Crippen LogP contribution is 2.24. The summed E-state index contributed by atoms with van der Waals surface area (Å²) in [6, 6.07) is 8.14. The topological polar surface area (TPSA) is 38.7 Å². The summed E-state index contributed by atoms with van der Waals surface area (Å²) in [6.07, 6.45) is 1.41. The van der Waals surface area contributed by atoms with Crippen molar-refractivity contribution in [2.75, 3.05) is 0 Å². The zero-order valence-corrected chi connectivity index (χ0v) is 9.59. The van der Waals surface area contributed by atoms with Crippen LogP contribution in [0.4, 0.5) is 0 Å². The minimum absolute atomic E-state index is 0.222. The van der Waals surface area contributed by atoms with Crippen LogP contribution in [-0.2, 0) is 0 Å². The number of benzene rings is 1. The van der Waals surface area contributed by atoms with E-state index in [-0.39, 0.29) is 5.28 Å². The lowest BCUT2D eigenvalue weighted by molar-refractivity contribution is 0.903. The summed E-state index contributed by atoms with van der Waals surface area (Å²) < 4.78 is 0. The second kappa shape index (κ2) is 4.59. The third kappa shape index (κ3) is 2.91. The highest BCUT2D eigenvalue weighted by Gasteiger charge is 2.01. The lowest BCUT2D eigenvalue weighted by Crippen LogP contribution is -1.88. The molecule has 2 rings (SSSR count). The molecule has 0 radical (unpaired) electrons. The molecule has 0 atom stereocenters. The molecule has 0 aliphatic rings. The third-order valence-electron chi connectivity index (χ3n) is 1.75. The fourth-order valence-corrected chi connectivity index (χ4v) is 1.91. The van der Waals surface area contributed by atoms with Crippen molar-refractivity contribution in [1.29, 1.82) is 0 Å². The molecule has 0 unspecified atom stereocenters. The fraction of sp³-hybridized carbons (Fsp3) is 0.100. The van der Waals surface area contributed by atoms with Crippen LogP contribution in [0.3, 0.4) is 0 Å². The number of nitrogens with zero attached hydrogens (tertiary/aromatic N) is 3. The van der Waals surface area contributed by atoms with Gasteiger partial charge in [0.15, 0.2) is 5.16 Å². The Balaban J connectivity index is 2.18. The Bertz CT molecular complexity index is 458. The SMILES string of the molecule is Cc1ccc(Sc2ncnc(Cl)n2)cc1. The predicted molar refractivity (Wildman–Crippen MR) is 60.1 cm³/mol. The van der Waals surface area contributed by atoms with Gasteiger partial charge in [0.25, 0.3) is 0 Å². The van der Waals surface area contributed by atoms with E-state index in [1.807, 2.05) is 31.2 Å². The molecule has 0 bridgehead atoms. The Hall–Kier alpha value is -1.13. The van der Waals surface area contributed by atoms with Gasteiger partial charge in [-0.3, -0.25) is 0 Å². The Morgan fingerprint density at radius 3 is 2.53 bits per heavy atom. The molecular formula is C10H8ClN3S. The van der Waals surface area contributed by atoms with E-state index in [0.29, 0.717) is 5.16 Å². The van der Waals surface area contributed by atoms with Gasteiger partial charge in [0, 0.05) is 4.90 Å². The molecule has 1 heterocycles. The number of hydrogen-bond donors (Lipinski definition) is 0. The summed E-state index contributed by atoms with van der Waals surface area (Å²) in [5.41, 5.74) is 1.23. The van der Waals surface area contributed by atoms with E-state index in [1.54, 1.807) is 0 Å². The van der Waals surface area contributed by atoms with Crippen LogP contribution in [0, 0.1) is 6.92 Å². The van der Waals surface area contributed by atoms with Gasteiger partial charge in [-0.15, -0.1) is 0 Å². The summed E-state index contributed by atoms with van der Waals surface area (Å²) >= 11 is 7.12. The molecule has 1 aromatic heterocycles. The van der Waals surface area contributed by atoms with Crippen molar-refractivity contribution in [2.24, 2.45) is 0 Å². The second-order valence-electron chi connectivity index (χ2n) is 2.95. The lowest BCUT2D eigenvalue weighted by Gasteiger charge is -1.99. The summed E-state index contributed by atoms with van der Waals surface area (Å²) in [4.78, 5) is 12.8. The number of rotatable bonds is 2. The van der Waals surface area contributed by atoms with Crippen molar-refractivity contribution in [1.82, 2.24) is 15.0 Å². The van der Waals surface area contributed by atoms with Gasteiger partial charge in [0.1, 0.15) is 6.33 Å². The van der Waals surface area contributed by atoms with Gasteiger partial charge in [-0.1, -0.05) is 17.7 Å². The standard InChI is InChI=1S/C10H8ClN3S/c1-7-2-4-8(5-3-7)15-10-13-6-12-9(11)14-10/h2-6H,1H3. The van der Waals surface area contributed by atoms with Gasteiger partial charge >= 0.3 is 0 Å². The van der Waals surface area contributed by atoms with Crippen molar-refractivity contribution in [3.63, 3.8) is 0 Å². The van der Waals surface area contributed by atoms with Gasteiger partial charge in [-0.2, -0.15) is 4.98 Å². The zero-order chi connectivity index (χ0) is 10.7. The minimum Gasteiger partial charge on any atom is -0.210 e. The first-order valence-corrected chi connectivity index (χ1v) is 5.52. The molecule has 0 saturated heterocycles. The average molecular weight is 238 g/mol. The molecule has 3 nitrogen and oxygen atoms in total. The largest absolute Gasteiger partial charge is 0.226 e. The molecule has 2 aromatic rings. The van der Waals surface area contributed by atoms with E-state index < -0.39 is 0 Å². The van der Waals surface area contributed by atoms with E-state index in [0.717, 1.165) is 4.90 Å². The van der Waals surface area contributed by atoms with Crippen molar-refractivity contribution < 1.29 is 0 Å². The molecule has 15 heavy (non-hydrogen) atoms. The molecule has 0 saturated carbocycles. The molecular weight excluding hydrogens is 230 g/mol. The molecule has 76 valence electrons. The van der Waals surface area contributed by atoms with E-state index in [9.17, 15) is 0 Å². The zero-order valence-electron chi connectivity index (χ0n) is 8.01. The van der Waals surface area contributed by atoms with Crippen LogP contribution in [0.5, 0.6) is 0 Å². The molecule has 5 heteroatoms.